The molecule has 0 radical (unpaired) electrons. The highest BCUT2D eigenvalue weighted by Gasteiger charge is 2.27. The zero-order valence-electron chi connectivity index (χ0n) is 53.3. The summed E-state index contributed by atoms with van der Waals surface area (Å²) in [5.74, 6) is 0.648. The van der Waals surface area contributed by atoms with Gasteiger partial charge < -0.3 is 28.6 Å². The van der Waals surface area contributed by atoms with Crippen LogP contribution in [0.1, 0.15) is 128 Å². The molecule has 12 aromatic rings. The smallest absolute Gasteiger partial charge is 0.227 e. The Morgan fingerprint density at radius 3 is 1.40 bits per heavy atom. The highest BCUT2D eigenvalue weighted by atomic mass is 19.1. The quantitative estimate of drug-likeness (QED) is 0.127. The molecule has 474 valence electrons. The lowest BCUT2D eigenvalue weighted by atomic mass is 9.92. The summed E-state index contributed by atoms with van der Waals surface area (Å²) < 4.78 is 58.8. The number of aliphatic hydroxyl groups is 1. The van der Waals surface area contributed by atoms with E-state index in [-0.39, 0.29) is 30.0 Å². The third kappa shape index (κ3) is 13.0. The maximum Gasteiger partial charge on any atom is 0.227 e. The Labute approximate surface area is 530 Å². The summed E-state index contributed by atoms with van der Waals surface area (Å²) in [4.78, 5) is 29.4. The fraction of sp³-hybridized carbons (Fsp3) is 0.400. The molecule has 92 heavy (non-hydrogen) atoms. The largest absolute Gasteiger partial charge is 0.436 e. The second-order valence-electron chi connectivity index (χ2n) is 25.0. The minimum absolute atomic E-state index is 0.170. The highest BCUT2D eigenvalue weighted by Crippen LogP contribution is 2.36. The molecular formula is C70H75F3N16O3. The van der Waals surface area contributed by atoms with E-state index in [0.717, 1.165) is 160 Å². The van der Waals surface area contributed by atoms with Crippen molar-refractivity contribution in [3.63, 3.8) is 0 Å². The Hall–Kier alpha value is -8.83. The van der Waals surface area contributed by atoms with Gasteiger partial charge in [0.25, 0.3) is 0 Å². The van der Waals surface area contributed by atoms with Gasteiger partial charge in [-0.3, -0.25) is 9.97 Å². The van der Waals surface area contributed by atoms with E-state index in [4.69, 9.17) is 19.0 Å². The first kappa shape index (κ1) is 62.0. The Kier molecular flexibility index (Phi) is 17.8. The fourth-order valence-corrected chi connectivity index (χ4v) is 13.2. The van der Waals surface area contributed by atoms with Crippen LogP contribution < -0.4 is 0 Å². The SMILES string of the molecule is CCCc1cc(-c2cc(F)c3cc(C4CCN(CC)CC4)nnc3c2)nn2cc(C)nc12.Cc1cc2oc(-c3cc(F)c4cc(C5CCN(C)CC5)nnc4c3)nc2c(C)n1.Cc1cc2oc(-c3cc(F)c4cc(C5CCN(CCO)CC5)nnc4c3)nc2c(C)n1. The van der Waals surface area contributed by atoms with Crippen LogP contribution in [0.4, 0.5) is 13.2 Å². The van der Waals surface area contributed by atoms with Gasteiger partial charge in [0.2, 0.25) is 11.8 Å². The van der Waals surface area contributed by atoms with Crippen molar-refractivity contribution in [2.75, 3.05) is 66.0 Å². The molecule has 3 aliphatic heterocycles. The minimum atomic E-state index is -0.366. The van der Waals surface area contributed by atoms with Gasteiger partial charge in [0.15, 0.2) is 16.8 Å². The minimum Gasteiger partial charge on any atom is -0.436 e. The van der Waals surface area contributed by atoms with E-state index in [1.54, 1.807) is 22.7 Å². The number of aromatic nitrogens is 13. The molecule has 15 rings (SSSR count). The number of aryl methyl sites for hydroxylation is 6. The molecule has 9 aromatic heterocycles. The predicted molar refractivity (Wildman–Crippen MR) is 349 cm³/mol. The van der Waals surface area contributed by atoms with Crippen molar-refractivity contribution in [3.05, 3.63) is 148 Å². The second-order valence-corrected chi connectivity index (χ2v) is 25.0. The molecule has 3 aliphatic rings. The van der Waals surface area contributed by atoms with Crippen LogP contribution >= 0.6 is 0 Å². The number of nitrogens with zero attached hydrogens (tertiary/aromatic N) is 16. The molecule has 0 saturated carbocycles. The Bertz CT molecular complexity index is 4700. The van der Waals surface area contributed by atoms with Gasteiger partial charge in [-0.1, -0.05) is 20.3 Å². The summed E-state index contributed by atoms with van der Waals surface area (Å²) in [6, 6.07) is 21.2. The van der Waals surface area contributed by atoms with Gasteiger partial charge in [-0.25, -0.2) is 32.6 Å². The van der Waals surface area contributed by atoms with E-state index >= 15 is 8.78 Å². The van der Waals surface area contributed by atoms with Crippen LogP contribution in [0.15, 0.2) is 87.8 Å². The van der Waals surface area contributed by atoms with Gasteiger partial charge >= 0.3 is 0 Å². The van der Waals surface area contributed by atoms with Crippen molar-refractivity contribution in [2.24, 2.45) is 0 Å². The molecule has 0 bridgehead atoms. The summed E-state index contributed by atoms with van der Waals surface area (Å²) in [6.07, 6.45) is 9.78. The van der Waals surface area contributed by atoms with Gasteiger partial charge in [0.05, 0.1) is 69.2 Å². The molecule has 19 nitrogen and oxygen atoms in total. The average Bonchev–Trinajstić information content (AvgIpc) is 1.35. The molecule has 0 aliphatic carbocycles. The number of likely N-dealkylation sites (tertiary alicyclic amines) is 3. The standard InChI is InChI=1S/C25H29FN6.C23H24FN5O2.C22H22FN5O/c1-4-6-18-12-23(30-32-15-16(3)27-25(18)32)19-11-21(26)20-14-22(28-29-24(20)13-19)17-7-9-31(5-2)10-8-17;1-13-9-21-22(14(2)25-13)26-23(31-21)16-10-18(24)17-12-19(27-28-20(17)11-16)15-3-5-29(6-4-15)7-8-30;1-12-8-20-21(13(2)24-12)25-22(29-20)15-9-17(23)16-11-18(26-27-19(16)10-15)14-4-6-28(3)7-5-14/h11-15,17H,4-10H2,1-3H3;9-12,15,30H,3-8H2,1-2H3;8-11,14H,4-7H2,1-3H3. The van der Waals surface area contributed by atoms with Gasteiger partial charge in [0.1, 0.15) is 28.5 Å². The normalized spacial score (nSPS) is 15.9. The second kappa shape index (κ2) is 26.4. The first-order chi connectivity index (χ1) is 44.5. The summed E-state index contributed by atoms with van der Waals surface area (Å²) in [7, 11) is 2.12. The number of fused-ring (bicyclic) bond motifs is 6. The topological polar surface area (TPSA) is 215 Å². The lowest BCUT2D eigenvalue weighted by Crippen LogP contribution is -2.35. The van der Waals surface area contributed by atoms with Crippen LogP contribution in [-0.4, -0.2) is 151 Å². The number of rotatable bonds is 11. The maximum absolute atomic E-state index is 15.2. The predicted octanol–water partition coefficient (Wildman–Crippen LogP) is 13.1. The van der Waals surface area contributed by atoms with Crippen LogP contribution in [0.2, 0.25) is 0 Å². The summed E-state index contributed by atoms with van der Waals surface area (Å²) in [5.41, 5.74) is 15.5. The molecule has 0 atom stereocenters. The van der Waals surface area contributed by atoms with Crippen molar-refractivity contribution in [2.45, 2.75) is 118 Å². The van der Waals surface area contributed by atoms with E-state index in [9.17, 15) is 4.39 Å². The zero-order chi connectivity index (χ0) is 63.9. The summed E-state index contributed by atoms with van der Waals surface area (Å²) in [6.45, 7) is 21.8. The first-order valence-electron chi connectivity index (χ1n) is 32.1. The molecule has 1 N–H and O–H groups in total. The molecule has 12 heterocycles. The van der Waals surface area contributed by atoms with Gasteiger partial charge in [-0.2, -0.15) is 35.7 Å². The Morgan fingerprint density at radius 1 is 0.500 bits per heavy atom. The third-order valence-electron chi connectivity index (χ3n) is 18.3. The molecule has 3 aromatic carbocycles. The lowest BCUT2D eigenvalue weighted by molar-refractivity contribution is 0.163. The van der Waals surface area contributed by atoms with Crippen molar-refractivity contribution in [1.29, 1.82) is 0 Å². The maximum atomic E-state index is 15.2. The first-order valence-corrected chi connectivity index (χ1v) is 32.1. The Morgan fingerprint density at radius 2 is 0.946 bits per heavy atom. The van der Waals surface area contributed by atoms with E-state index in [1.807, 2.05) is 83.3 Å². The highest BCUT2D eigenvalue weighted by molar-refractivity contribution is 5.88. The van der Waals surface area contributed by atoms with E-state index in [2.05, 4.69) is 91.1 Å². The molecule has 3 saturated heterocycles. The van der Waals surface area contributed by atoms with Gasteiger partial charge in [-0.15, -0.1) is 0 Å². The summed E-state index contributed by atoms with van der Waals surface area (Å²) in [5, 5.41) is 41.6. The number of aliphatic hydroxyl groups excluding tert-OH is 1. The lowest BCUT2D eigenvalue weighted by Gasteiger charge is -2.30. The molecule has 0 spiro atoms. The van der Waals surface area contributed by atoms with Crippen LogP contribution in [0.3, 0.4) is 0 Å². The number of halogens is 3. The third-order valence-corrected chi connectivity index (χ3v) is 18.3. The van der Waals surface area contributed by atoms with Crippen molar-refractivity contribution < 1.29 is 27.1 Å². The molecule has 3 fully saturated rings. The van der Waals surface area contributed by atoms with E-state index in [1.165, 1.54) is 12.1 Å². The number of benzene rings is 3. The number of β-amino-alcohol motifs (C(OH)–C–C–N with tert-alkyl or cyclic N) is 1. The van der Waals surface area contributed by atoms with Crippen LogP contribution in [0.5, 0.6) is 0 Å². The molecule has 0 unspecified atom stereocenters. The average molecular weight is 1250 g/mol. The number of oxazole rings is 2. The summed E-state index contributed by atoms with van der Waals surface area (Å²) >= 11 is 0. The number of hydrogen-bond donors (Lipinski definition) is 1. The van der Waals surface area contributed by atoms with E-state index in [0.29, 0.717) is 102 Å². The molecule has 22 heteroatoms. The van der Waals surface area contributed by atoms with Crippen molar-refractivity contribution in [1.82, 2.24) is 79.8 Å². The Balaban J connectivity index is 0.000000126. The zero-order valence-corrected chi connectivity index (χ0v) is 53.3. The number of pyridine rings is 2. The van der Waals surface area contributed by atoms with Gasteiger partial charge in [-0.05, 0) is 199 Å². The number of imidazole rings is 1. The fourth-order valence-electron chi connectivity index (χ4n) is 13.2. The van der Waals surface area contributed by atoms with Crippen molar-refractivity contribution >= 4 is 60.6 Å². The van der Waals surface area contributed by atoms with Crippen molar-refractivity contribution in [3.8, 4) is 34.2 Å². The van der Waals surface area contributed by atoms with Crippen LogP contribution in [0.25, 0.3) is 94.7 Å². The van der Waals surface area contributed by atoms with E-state index < -0.39 is 0 Å². The monoisotopic (exact) mass is 1240 g/mol. The van der Waals surface area contributed by atoms with Gasteiger partial charge in [0, 0.05) is 80.7 Å². The molecule has 0 amide bonds. The molecular weight excluding hydrogens is 1170 g/mol. The van der Waals surface area contributed by atoms with Crippen LogP contribution in [-0.2, 0) is 6.42 Å². The van der Waals surface area contributed by atoms with Crippen LogP contribution in [0, 0.1) is 52.1 Å². The number of piperidine rings is 3. The number of hydrogen-bond acceptors (Lipinski definition) is 18.